The van der Waals surface area contributed by atoms with Crippen molar-refractivity contribution in [3.63, 3.8) is 0 Å². The predicted octanol–water partition coefficient (Wildman–Crippen LogP) is 10.9. The third-order valence-corrected chi connectivity index (χ3v) is 17.2. The van der Waals surface area contributed by atoms with E-state index in [0.717, 1.165) is 135 Å². The van der Waals surface area contributed by atoms with E-state index in [4.69, 9.17) is 54.4 Å². The number of oxime groups is 4. The van der Waals surface area contributed by atoms with Crippen LogP contribution in [0.25, 0.3) is 28.3 Å². The number of rotatable bonds is 21. The molecule has 0 atom stereocenters. The monoisotopic (exact) mass is 1520 g/mol. The van der Waals surface area contributed by atoms with Crippen LogP contribution in [0.1, 0.15) is 127 Å². The Hall–Kier alpha value is -9.60. The van der Waals surface area contributed by atoms with Gasteiger partial charge in [0, 0.05) is 155 Å². The maximum absolute atomic E-state index is 12.0. The van der Waals surface area contributed by atoms with E-state index in [-0.39, 0.29) is 49.8 Å². The van der Waals surface area contributed by atoms with Gasteiger partial charge >= 0.3 is 18.3 Å². The van der Waals surface area contributed by atoms with E-state index in [1.807, 2.05) is 103 Å². The van der Waals surface area contributed by atoms with Crippen molar-refractivity contribution >= 4 is 85.5 Å². The normalized spacial score (nSPS) is 15.0. The Labute approximate surface area is 621 Å². The number of ether oxygens (including phenoxy) is 3. The Morgan fingerprint density at radius 2 is 1.02 bits per heavy atom. The molecule has 0 saturated carbocycles. The number of benzene rings is 3. The van der Waals surface area contributed by atoms with Crippen molar-refractivity contribution in [2.24, 2.45) is 26.5 Å². The summed E-state index contributed by atoms with van der Waals surface area (Å²) >= 11 is 3.25. The van der Waals surface area contributed by atoms with Gasteiger partial charge in [-0.15, -0.1) is 5.10 Å². The smallest absolute Gasteiger partial charge is 0.410 e. The fourth-order valence-electron chi connectivity index (χ4n) is 10.5. The van der Waals surface area contributed by atoms with Gasteiger partial charge in [0.1, 0.15) is 45.4 Å². The van der Waals surface area contributed by atoms with Gasteiger partial charge in [0.2, 0.25) is 11.8 Å². The van der Waals surface area contributed by atoms with Gasteiger partial charge < -0.3 is 79.3 Å². The van der Waals surface area contributed by atoms with Gasteiger partial charge in [-0.25, -0.2) is 29.9 Å². The fraction of sp³-hybridized carbons (Fsp3) is 0.507. The average Bonchev–Trinajstić information content (AvgIpc) is 1.61. The molecule has 12 rings (SSSR count). The van der Waals surface area contributed by atoms with Crippen LogP contribution in [0.3, 0.4) is 0 Å². The van der Waals surface area contributed by atoms with Crippen LogP contribution in [0.15, 0.2) is 141 Å². The highest BCUT2D eigenvalue weighted by Crippen LogP contribution is 2.24. The summed E-state index contributed by atoms with van der Waals surface area (Å²) in [5, 5.41) is 53.5. The number of carbonyl (C=O) groups is 4. The molecule has 572 valence electrons. The highest BCUT2D eigenvalue weighted by Gasteiger charge is 2.25. The van der Waals surface area contributed by atoms with E-state index in [9.17, 15) is 19.2 Å². The molecule has 9 heterocycles. The van der Waals surface area contributed by atoms with E-state index in [1.165, 1.54) is 16.6 Å². The zero-order chi connectivity index (χ0) is 75.1. The molecule has 0 radical (unpaired) electrons. The quantitative estimate of drug-likeness (QED) is 0.0128. The molecule has 0 bridgehead atoms. The number of nitrogen functional groups attached to an aromatic ring is 1. The standard InChI is InChI=1S/C20H25N9O3.C16H22N2O3.C13H16N2O3.C13H15NO3.C8H16N2O.C3H7Br.H3NO/c21-20-24-18-15(19-23-17(25-29(19)20)16-3-1-11-31-16)13-22-28(18)9-8-27-6-4-14(5-7-27)26-32-12-2-10-30;1-2-12-21-17-15-8-10-18(11-9-15)16(19)20-13-14-6-4-3-5-7-14;16-13(15-8-6-12(14-17)7-9-15)18-10-11-4-2-1-3-5-11;15-12-6-8-14(9-7-12)13(16)17-10-11-4-2-1-3-5-11;1-2-7-11-10-8-3-5-9-6-4-8;1-2-3-4;1-2/h1,3,11,13,30H,2,4-10,12H2,(H2,21,24);3-7H,2,8-13H2,1H3;1-5,17H,6-10H2;1-5H,6-10H2;9H,2-7H2,1H3;2-3H2,1H3;2H,1H2. The van der Waals surface area contributed by atoms with E-state index in [0.29, 0.717) is 121 Å². The molecule has 0 unspecified atom stereocenters. The number of piperidine rings is 5. The molecule has 0 aliphatic carbocycles. The zero-order valence-electron chi connectivity index (χ0n) is 60.6. The SMILES string of the molecule is CCCBr.CCCON=C1CCN(C(=O)OCc2ccccc2)CC1.CCCON=C1CCNCC1.NO.Nc1nc2c(cnn2CCN2CCC(=NOCCCO)CC2)c2nc(-c3ccco3)nn12.O=C(OCc1ccccc1)N1CCC(=NO)CC1.O=C1CCN(C(=O)OCc2ccccc2)CC1. The second-order valence-electron chi connectivity index (χ2n) is 24.3. The molecule has 105 heavy (non-hydrogen) atoms. The minimum absolute atomic E-state index is 0.120. The molecule has 32 heteroatoms. The molecule has 5 aliphatic rings. The van der Waals surface area contributed by atoms with Crippen LogP contribution in [0.5, 0.6) is 0 Å². The number of nitrogens with two attached hydrogens (primary N) is 2. The number of aliphatic hydroxyl groups excluding tert-OH is 1. The van der Waals surface area contributed by atoms with E-state index in [2.05, 4.69) is 86.7 Å². The van der Waals surface area contributed by atoms with Crippen molar-refractivity contribution in [1.82, 2.24) is 54.3 Å². The number of furan rings is 1. The van der Waals surface area contributed by atoms with Gasteiger partial charge in [0.25, 0.3) is 0 Å². The number of fused-ring (bicyclic) bond motifs is 3. The van der Waals surface area contributed by atoms with Gasteiger partial charge in [-0.05, 0) is 48.1 Å². The molecule has 0 spiro atoms. The average molecular weight is 1520 g/mol. The van der Waals surface area contributed by atoms with Crippen LogP contribution in [0.2, 0.25) is 0 Å². The van der Waals surface area contributed by atoms with Gasteiger partial charge in [-0.1, -0.05) is 148 Å². The third kappa shape index (κ3) is 30.9. The maximum atomic E-state index is 12.0. The summed E-state index contributed by atoms with van der Waals surface area (Å²) in [5.74, 6) is 4.99. The van der Waals surface area contributed by atoms with Gasteiger partial charge in [0.15, 0.2) is 17.1 Å². The molecular formula is C73H104BrN17O14. The van der Waals surface area contributed by atoms with Crippen molar-refractivity contribution in [2.45, 2.75) is 137 Å². The summed E-state index contributed by atoms with van der Waals surface area (Å²) in [7, 11) is 0. The Morgan fingerprint density at radius 1 is 0.571 bits per heavy atom. The number of alkyl halides is 1. The molecule has 4 aromatic heterocycles. The zero-order valence-corrected chi connectivity index (χ0v) is 62.2. The second kappa shape index (κ2) is 50.0. The van der Waals surface area contributed by atoms with Crippen LogP contribution in [-0.4, -0.2) is 215 Å². The number of amides is 3. The van der Waals surface area contributed by atoms with Crippen LogP contribution >= 0.6 is 15.9 Å². The number of hydrogen-bond acceptors (Lipinski definition) is 26. The van der Waals surface area contributed by atoms with Crippen LogP contribution in [0, 0.1) is 0 Å². The number of ketones is 1. The summed E-state index contributed by atoms with van der Waals surface area (Å²) < 4.78 is 24.5. The third-order valence-electron chi connectivity index (χ3n) is 16.4. The van der Waals surface area contributed by atoms with Crippen molar-refractivity contribution in [3.8, 4) is 11.6 Å². The lowest BCUT2D eigenvalue weighted by Crippen LogP contribution is -2.39. The Bertz CT molecular complexity index is 3690. The molecule has 8 N–H and O–H groups in total. The molecule has 5 aliphatic heterocycles. The van der Waals surface area contributed by atoms with E-state index >= 15 is 0 Å². The first-order chi connectivity index (χ1) is 51.4. The Balaban J connectivity index is 0.000000210. The van der Waals surface area contributed by atoms with Crippen molar-refractivity contribution < 1.29 is 67.8 Å². The summed E-state index contributed by atoms with van der Waals surface area (Å²) in [5.41, 5.74) is 14.4. The summed E-state index contributed by atoms with van der Waals surface area (Å²) in [6.45, 7) is 17.9. The molecular weight excluding hydrogens is 1420 g/mol. The van der Waals surface area contributed by atoms with Crippen LogP contribution in [0.4, 0.5) is 20.3 Å². The number of Topliss-reactive ketones (excluding diaryl/α,β-unsaturated/α-hetero) is 1. The molecule has 7 aromatic rings. The lowest BCUT2D eigenvalue weighted by molar-refractivity contribution is -0.121. The molecule has 31 nitrogen and oxygen atoms in total. The number of carbonyl (C=O) groups excluding carboxylic acids is 4. The molecule has 5 fully saturated rings. The van der Waals surface area contributed by atoms with Gasteiger partial charge in [-0.3, -0.25) is 4.79 Å². The number of nitrogens with zero attached hydrogens (tertiary/aromatic N) is 14. The van der Waals surface area contributed by atoms with Crippen LogP contribution < -0.4 is 16.9 Å². The Morgan fingerprint density at radius 3 is 1.46 bits per heavy atom. The minimum atomic E-state index is -0.332. The maximum Gasteiger partial charge on any atom is 0.410 e. The van der Waals surface area contributed by atoms with Crippen molar-refractivity contribution in [3.05, 3.63) is 132 Å². The van der Waals surface area contributed by atoms with Crippen molar-refractivity contribution in [1.29, 1.82) is 0 Å². The highest BCUT2D eigenvalue weighted by molar-refractivity contribution is 9.09. The van der Waals surface area contributed by atoms with E-state index in [1.54, 1.807) is 39.3 Å². The summed E-state index contributed by atoms with van der Waals surface area (Å²) in [6, 6.07) is 32.4. The fourth-order valence-corrected chi connectivity index (χ4v) is 10.5. The number of halogens is 1. The molecule has 3 amide bonds. The largest absolute Gasteiger partial charge is 0.461 e. The number of aromatic nitrogens is 6. The summed E-state index contributed by atoms with van der Waals surface area (Å²) in [4.78, 5) is 78.4. The van der Waals surface area contributed by atoms with E-state index < -0.39 is 0 Å². The topological polar surface area (TPSA) is 385 Å². The Kier molecular flexibility index (Phi) is 40.1. The lowest BCUT2D eigenvalue weighted by Gasteiger charge is -2.27. The number of likely N-dealkylation sites (tertiary alicyclic amines) is 4. The predicted molar refractivity (Wildman–Crippen MR) is 403 cm³/mol. The summed E-state index contributed by atoms with van der Waals surface area (Å²) in [6.07, 6.45) is 13.7. The minimum Gasteiger partial charge on any atom is -0.461 e. The number of aliphatic hydroxyl groups is 1. The number of nitrogens with one attached hydrogen (secondary N) is 1. The lowest BCUT2D eigenvalue weighted by atomic mass is 10.1. The molecule has 3 aromatic carbocycles. The number of anilines is 1. The van der Waals surface area contributed by atoms with Crippen LogP contribution in [-0.2, 0) is 59.9 Å². The first-order valence-corrected chi connectivity index (χ1v) is 36.9. The first-order valence-electron chi connectivity index (χ1n) is 35.8. The number of hydrogen-bond donors (Lipinski definition) is 6. The second-order valence-corrected chi connectivity index (χ2v) is 25.1. The van der Waals surface area contributed by atoms with Gasteiger partial charge in [0.05, 0.1) is 47.2 Å². The van der Waals surface area contributed by atoms with Gasteiger partial charge in [-0.2, -0.15) is 14.6 Å². The van der Waals surface area contributed by atoms with Crippen molar-refractivity contribution in [2.75, 3.05) is 109 Å². The highest BCUT2D eigenvalue weighted by atomic mass is 79.9. The molecule has 5 saturated heterocycles. The first kappa shape index (κ1) is 84.3.